The van der Waals surface area contributed by atoms with Crippen molar-refractivity contribution in [1.29, 1.82) is 0 Å². The standard InChI is InChI=1S/C15H14ClNO3/c1-20-13-4-2-3-12(9-13)17-14(15(18)19)10-5-7-11(16)8-6-10/h2-9,14,17H,1H3,(H,18,19). The van der Waals surface area contributed by atoms with Gasteiger partial charge in [0.15, 0.2) is 6.04 Å². The van der Waals surface area contributed by atoms with Gasteiger partial charge >= 0.3 is 5.97 Å². The van der Waals surface area contributed by atoms with Crippen molar-refractivity contribution in [3.05, 3.63) is 59.1 Å². The fourth-order valence-electron chi connectivity index (χ4n) is 1.82. The summed E-state index contributed by atoms with van der Waals surface area (Å²) in [7, 11) is 1.56. The zero-order chi connectivity index (χ0) is 14.5. The molecule has 0 aliphatic carbocycles. The van der Waals surface area contributed by atoms with Crippen LogP contribution in [-0.2, 0) is 4.79 Å². The summed E-state index contributed by atoms with van der Waals surface area (Å²) >= 11 is 5.81. The zero-order valence-corrected chi connectivity index (χ0v) is 11.6. The number of hydrogen-bond acceptors (Lipinski definition) is 3. The van der Waals surface area contributed by atoms with Crippen molar-refractivity contribution in [3.63, 3.8) is 0 Å². The lowest BCUT2D eigenvalue weighted by Crippen LogP contribution is -2.20. The first-order valence-corrected chi connectivity index (χ1v) is 6.37. The van der Waals surface area contributed by atoms with Gasteiger partial charge in [-0.1, -0.05) is 29.8 Å². The molecule has 0 radical (unpaired) electrons. The smallest absolute Gasteiger partial charge is 0.330 e. The number of nitrogens with one attached hydrogen (secondary N) is 1. The van der Waals surface area contributed by atoms with E-state index in [1.54, 1.807) is 55.6 Å². The van der Waals surface area contributed by atoms with Crippen LogP contribution in [0.5, 0.6) is 5.75 Å². The Morgan fingerprint density at radius 2 is 1.95 bits per heavy atom. The quantitative estimate of drug-likeness (QED) is 0.884. The third kappa shape index (κ3) is 3.42. The van der Waals surface area contributed by atoms with Crippen LogP contribution in [0.2, 0.25) is 5.02 Å². The Hall–Kier alpha value is -2.20. The number of carboxylic acid groups (broad SMARTS) is 1. The van der Waals surface area contributed by atoms with Crippen molar-refractivity contribution < 1.29 is 14.6 Å². The van der Waals surface area contributed by atoms with Crippen molar-refractivity contribution in [2.24, 2.45) is 0 Å². The SMILES string of the molecule is COc1cccc(NC(C(=O)O)c2ccc(Cl)cc2)c1. The Bertz CT molecular complexity index is 598. The highest BCUT2D eigenvalue weighted by molar-refractivity contribution is 6.30. The molecule has 104 valence electrons. The van der Waals surface area contributed by atoms with Crippen LogP contribution in [0, 0.1) is 0 Å². The number of aliphatic carboxylic acids is 1. The van der Waals surface area contributed by atoms with E-state index < -0.39 is 12.0 Å². The normalized spacial score (nSPS) is 11.7. The molecule has 0 heterocycles. The van der Waals surface area contributed by atoms with Gasteiger partial charge in [-0.15, -0.1) is 0 Å². The lowest BCUT2D eigenvalue weighted by atomic mass is 10.1. The second-order valence-corrected chi connectivity index (χ2v) is 4.64. The van der Waals surface area contributed by atoms with Crippen molar-refractivity contribution in [3.8, 4) is 5.75 Å². The largest absolute Gasteiger partial charge is 0.497 e. The summed E-state index contributed by atoms with van der Waals surface area (Å²) in [5.41, 5.74) is 1.30. The highest BCUT2D eigenvalue weighted by Crippen LogP contribution is 2.24. The fourth-order valence-corrected chi connectivity index (χ4v) is 1.95. The van der Waals surface area contributed by atoms with Crippen molar-refractivity contribution in [1.82, 2.24) is 0 Å². The molecule has 2 N–H and O–H groups in total. The van der Waals surface area contributed by atoms with E-state index in [1.165, 1.54) is 0 Å². The monoisotopic (exact) mass is 291 g/mol. The molecule has 20 heavy (non-hydrogen) atoms. The molecule has 0 spiro atoms. The molecule has 1 atom stereocenters. The first-order valence-electron chi connectivity index (χ1n) is 5.99. The topological polar surface area (TPSA) is 58.6 Å². The average Bonchev–Trinajstić information content (AvgIpc) is 2.46. The zero-order valence-electron chi connectivity index (χ0n) is 10.8. The number of methoxy groups -OCH3 is 1. The number of benzene rings is 2. The number of carbonyl (C=O) groups is 1. The Morgan fingerprint density at radius 3 is 2.55 bits per heavy atom. The molecule has 2 aromatic carbocycles. The van der Waals surface area contributed by atoms with E-state index in [2.05, 4.69) is 5.32 Å². The van der Waals surface area contributed by atoms with E-state index >= 15 is 0 Å². The molecule has 2 rings (SSSR count). The van der Waals surface area contributed by atoms with E-state index in [1.807, 2.05) is 0 Å². The minimum atomic E-state index is -0.963. The molecule has 1 unspecified atom stereocenters. The molecule has 0 amide bonds. The third-order valence-corrected chi connectivity index (χ3v) is 3.08. The predicted octanol–water partition coefficient (Wildman–Crippen LogP) is 3.59. The molecule has 0 bridgehead atoms. The van der Waals surface area contributed by atoms with Crippen LogP contribution in [0.4, 0.5) is 5.69 Å². The van der Waals surface area contributed by atoms with E-state index in [0.29, 0.717) is 22.0 Å². The lowest BCUT2D eigenvalue weighted by molar-refractivity contribution is -0.138. The molecule has 5 heteroatoms. The molecular weight excluding hydrogens is 278 g/mol. The van der Waals surface area contributed by atoms with Crippen LogP contribution in [0.3, 0.4) is 0 Å². The summed E-state index contributed by atoms with van der Waals surface area (Å²) in [6.45, 7) is 0. The molecular formula is C15H14ClNO3. The number of rotatable bonds is 5. The minimum absolute atomic E-state index is 0.569. The van der Waals surface area contributed by atoms with Crippen LogP contribution in [0.25, 0.3) is 0 Å². The predicted molar refractivity (Wildman–Crippen MR) is 78.4 cm³/mol. The van der Waals surface area contributed by atoms with Gasteiger partial charge < -0.3 is 15.2 Å². The lowest BCUT2D eigenvalue weighted by Gasteiger charge is -2.16. The van der Waals surface area contributed by atoms with Gasteiger partial charge in [0.05, 0.1) is 7.11 Å². The maximum absolute atomic E-state index is 11.4. The van der Waals surface area contributed by atoms with E-state index in [4.69, 9.17) is 16.3 Å². The van der Waals surface area contributed by atoms with Crippen LogP contribution >= 0.6 is 11.6 Å². The number of carboxylic acids is 1. The summed E-state index contributed by atoms with van der Waals surface area (Å²) < 4.78 is 5.11. The van der Waals surface area contributed by atoms with Gasteiger partial charge in [0.2, 0.25) is 0 Å². The van der Waals surface area contributed by atoms with Crippen molar-refractivity contribution >= 4 is 23.3 Å². The summed E-state index contributed by atoms with van der Waals surface area (Å²) in [5, 5.41) is 12.9. The number of anilines is 1. The average molecular weight is 292 g/mol. The molecule has 4 nitrogen and oxygen atoms in total. The van der Waals surface area contributed by atoms with Crippen LogP contribution in [0.1, 0.15) is 11.6 Å². The molecule has 0 fully saturated rings. The highest BCUT2D eigenvalue weighted by Gasteiger charge is 2.19. The Morgan fingerprint density at radius 1 is 1.25 bits per heavy atom. The van der Waals surface area contributed by atoms with E-state index in [-0.39, 0.29) is 0 Å². The second kappa shape index (κ2) is 6.30. The molecule has 0 aromatic heterocycles. The molecule has 2 aromatic rings. The second-order valence-electron chi connectivity index (χ2n) is 4.20. The van der Waals surface area contributed by atoms with Gasteiger partial charge in [-0.05, 0) is 29.8 Å². The van der Waals surface area contributed by atoms with E-state index in [9.17, 15) is 9.90 Å². The molecule has 0 aliphatic rings. The maximum atomic E-state index is 11.4. The Balaban J connectivity index is 2.25. The van der Waals surface area contributed by atoms with Gasteiger partial charge in [0, 0.05) is 16.8 Å². The van der Waals surface area contributed by atoms with Crippen molar-refractivity contribution in [2.45, 2.75) is 6.04 Å². The summed E-state index contributed by atoms with van der Waals surface area (Å²) in [5.74, 6) is -0.301. The van der Waals surface area contributed by atoms with Crippen LogP contribution < -0.4 is 10.1 Å². The molecule has 0 saturated heterocycles. The highest BCUT2D eigenvalue weighted by atomic mass is 35.5. The van der Waals surface area contributed by atoms with Crippen LogP contribution in [0.15, 0.2) is 48.5 Å². The van der Waals surface area contributed by atoms with Gasteiger partial charge in [0.25, 0.3) is 0 Å². The summed E-state index contributed by atoms with van der Waals surface area (Å²) in [4.78, 5) is 11.4. The first kappa shape index (κ1) is 14.2. The van der Waals surface area contributed by atoms with Crippen LogP contribution in [-0.4, -0.2) is 18.2 Å². The van der Waals surface area contributed by atoms with Gasteiger partial charge in [-0.25, -0.2) is 4.79 Å². The van der Waals surface area contributed by atoms with Gasteiger partial charge in [-0.2, -0.15) is 0 Å². The summed E-state index contributed by atoms with van der Waals surface area (Å²) in [6.07, 6.45) is 0. The van der Waals surface area contributed by atoms with Gasteiger partial charge in [0.1, 0.15) is 5.75 Å². The summed E-state index contributed by atoms with van der Waals surface area (Å²) in [6, 6.07) is 13.0. The Kier molecular flexibility index (Phi) is 4.48. The number of ether oxygens (including phenoxy) is 1. The van der Waals surface area contributed by atoms with Gasteiger partial charge in [-0.3, -0.25) is 0 Å². The number of halogens is 1. The van der Waals surface area contributed by atoms with E-state index in [0.717, 1.165) is 0 Å². The van der Waals surface area contributed by atoms with Crippen molar-refractivity contribution in [2.75, 3.05) is 12.4 Å². The number of hydrogen-bond donors (Lipinski definition) is 2. The molecule has 0 saturated carbocycles. The first-order chi connectivity index (χ1) is 9.60. The minimum Gasteiger partial charge on any atom is -0.497 e. The fraction of sp³-hybridized carbons (Fsp3) is 0.133. The maximum Gasteiger partial charge on any atom is 0.330 e. The third-order valence-electron chi connectivity index (χ3n) is 2.83. The Labute approximate surface area is 122 Å². The molecule has 0 aliphatic heterocycles.